The molecule has 0 spiro atoms. The van der Waals surface area contributed by atoms with Crippen molar-refractivity contribution >= 4 is 23.6 Å². The van der Waals surface area contributed by atoms with Crippen LogP contribution in [0.15, 0.2) is 54.6 Å². The first-order valence-electron chi connectivity index (χ1n) is 7.46. The zero-order chi connectivity index (χ0) is 16.8. The fraction of sp³-hybridized carbons (Fsp3) is 0.211. The van der Waals surface area contributed by atoms with Crippen molar-refractivity contribution < 1.29 is 9.18 Å². The van der Waals surface area contributed by atoms with Crippen LogP contribution in [0.4, 0.5) is 4.39 Å². The monoisotopic (exact) mass is 331 g/mol. The van der Waals surface area contributed by atoms with Crippen molar-refractivity contribution in [3.63, 3.8) is 0 Å². The molecular formula is C19H19ClFNO. The summed E-state index contributed by atoms with van der Waals surface area (Å²) in [4.78, 5) is 12.2. The van der Waals surface area contributed by atoms with Crippen LogP contribution in [0.2, 0.25) is 5.02 Å². The Hall–Kier alpha value is -2.13. The van der Waals surface area contributed by atoms with Crippen molar-refractivity contribution in [2.75, 3.05) is 0 Å². The molecule has 0 aliphatic rings. The summed E-state index contributed by atoms with van der Waals surface area (Å²) in [5.41, 5.74) is 1.74. The van der Waals surface area contributed by atoms with E-state index in [-0.39, 0.29) is 22.9 Å². The van der Waals surface area contributed by atoms with Crippen molar-refractivity contribution in [2.45, 2.75) is 19.9 Å². The zero-order valence-corrected chi connectivity index (χ0v) is 13.8. The summed E-state index contributed by atoms with van der Waals surface area (Å²) >= 11 is 5.73. The van der Waals surface area contributed by atoms with E-state index in [1.165, 1.54) is 18.2 Å². The molecule has 0 aromatic heterocycles. The van der Waals surface area contributed by atoms with Crippen LogP contribution in [-0.2, 0) is 4.79 Å². The van der Waals surface area contributed by atoms with Gasteiger partial charge < -0.3 is 5.32 Å². The van der Waals surface area contributed by atoms with Crippen molar-refractivity contribution in [1.29, 1.82) is 0 Å². The first kappa shape index (κ1) is 17.2. The Bertz CT molecular complexity index is 698. The van der Waals surface area contributed by atoms with Crippen LogP contribution in [0.3, 0.4) is 0 Å². The molecule has 0 aliphatic carbocycles. The molecule has 0 aliphatic heterocycles. The fourth-order valence-corrected chi connectivity index (χ4v) is 2.47. The van der Waals surface area contributed by atoms with Gasteiger partial charge in [0.15, 0.2) is 0 Å². The summed E-state index contributed by atoms with van der Waals surface area (Å²) in [7, 11) is 0. The summed E-state index contributed by atoms with van der Waals surface area (Å²) < 4.78 is 13.1. The van der Waals surface area contributed by atoms with E-state index >= 15 is 0 Å². The molecule has 2 rings (SSSR count). The standard InChI is InChI=1S/C19H19ClFNO/c1-13(2)19(15-6-4-3-5-7-15)22-18(23)11-9-14-8-10-17(21)16(20)12-14/h3-13,19H,1-2H3,(H,22,23)/b11-9+. The summed E-state index contributed by atoms with van der Waals surface area (Å²) in [6.07, 6.45) is 3.05. The number of hydrogen-bond donors (Lipinski definition) is 1. The topological polar surface area (TPSA) is 29.1 Å². The molecule has 0 saturated heterocycles. The van der Waals surface area contributed by atoms with Crippen LogP contribution in [0.1, 0.15) is 31.0 Å². The van der Waals surface area contributed by atoms with E-state index in [9.17, 15) is 9.18 Å². The number of hydrogen-bond acceptors (Lipinski definition) is 1. The average Bonchev–Trinajstić information content (AvgIpc) is 2.54. The Kier molecular flexibility index (Phi) is 5.94. The molecule has 4 heteroatoms. The molecule has 1 unspecified atom stereocenters. The highest BCUT2D eigenvalue weighted by atomic mass is 35.5. The lowest BCUT2D eigenvalue weighted by atomic mass is 9.96. The van der Waals surface area contributed by atoms with Gasteiger partial charge in [-0.25, -0.2) is 4.39 Å². The molecule has 0 saturated carbocycles. The minimum atomic E-state index is -0.475. The van der Waals surface area contributed by atoms with E-state index in [1.807, 2.05) is 30.3 Å². The van der Waals surface area contributed by atoms with Gasteiger partial charge in [-0.1, -0.05) is 61.8 Å². The molecule has 0 heterocycles. The van der Waals surface area contributed by atoms with Gasteiger partial charge in [-0.3, -0.25) is 4.79 Å². The van der Waals surface area contributed by atoms with Crippen molar-refractivity contribution in [2.24, 2.45) is 5.92 Å². The van der Waals surface area contributed by atoms with Crippen LogP contribution in [0.25, 0.3) is 6.08 Å². The number of halogens is 2. The zero-order valence-electron chi connectivity index (χ0n) is 13.1. The summed E-state index contributed by atoms with van der Waals surface area (Å²) in [5, 5.41) is 3.03. The second-order valence-corrected chi connectivity index (χ2v) is 6.06. The molecule has 2 aromatic rings. The molecule has 0 bridgehead atoms. The Labute approximate surface area is 141 Å². The van der Waals surface area contributed by atoms with Gasteiger partial charge in [0.2, 0.25) is 5.91 Å². The van der Waals surface area contributed by atoms with Crippen molar-refractivity contribution in [3.05, 3.63) is 76.6 Å². The van der Waals surface area contributed by atoms with E-state index in [1.54, 1.807) is 12.1 Å². The predicted octanol–water partition coefficient (Wildman–Crippen LogP) is 5.01. The first-order valence-corrected chi connectivity index (χ1v) is 7.83. The van der Waals surface area contributed by atoms with Crippen LogP contribution < -0.4 is 5.32 Å². The fourth-order valence-electron chi connectivity index (χ4n) is 2.28. The molecule has 0 radical (unpaired) electrons. The van der Waals surface area contributed by atoms with E-state index in [4.69, 9.17) is 11.6 Å². The quantitative estimate of drug-likeness (QED) is 0.767. The second-order valence-electron chi connectivity index (χ2n) is 5.65. The van der Waals surface area contributed by atoms with Crippen LogP contribution >= 0.6 is 11.6 Å². The molecule has 2 aromatic carbocycles. The third-order valence-corrected chi connectivity index (χ3v) is 3.78. The van der Waals surface area contributed by atoms with Crippen LogP contribution in [-0.4, -0.2) is 5.91 Å². The minimum Gasteiger partial charge on any atom is -0.345 e. The van der Waals surface area contributed by atoms with Gasteiger partial charge in [-0.15, -0.1) is 0 Å². The van der Waals surface area contributed by atoms with Gasteiger partial charge in [0, 0.05) is 6.08 Å². The summed E-state index contributed by atoms with van der Waals surface area (Å²) in [6.45, 7) is 4.11. The lowest BCUT2D eigenvalue weighted by Crippen LogP contribution is -2.30. The second kappa shape index (κ2) is 7.93. The van der Waals surface area contributed by atoms with E-state index in [0.717, 1.165) is 5.56 Å². The first-order chi connectivity index (χ1) is 11.0. The molecular weight excluding hydrogens is 313 g/mol. The smallest absolute Gasteiger partial charge is 0.244 e. The largest absolute Gasteiger partial charge is 0.345 e. The van der Waals surface area contributed by atoms with Gasteiger partial charge >= 0.3 is 0 Å². The highest BCUT2D eigenvalue weighted by Crippen LogP contribution is 2.21. The normalized spacial score (nSPS) is 12.6. The molecule has 0 fully saturated rings. The van der Waals surface area contributed by atoms with E-state index in [0.29, 0.717) is 5.56 Å². The van der Waals surface area contributed by atoms with Gasteiger partial charge in [0.25, 0.3) is 0 Å². The van der Waals surface area contributed by atoms with Crippen molar-refractivity contribution in [3.8, 4) is 0 Å². The summed E-state index contributed by atoms with van der Waals surface area (Å²) in [5.74, 6) is -0.416. The van der Waals surface area contributed by atoms with Gasteiger partial charge in [-0.2, -0.15) is 0 Å². The molecule has 120 valence electrons. The van der Waals surface area contributed by atoms with Crippen molar-refractivity contribution in [1.82, 2.24) is 5.32 Å². The Morgan fingerprint density at radius 2 is 1.87 bits per heavy atom. The summed E-state index contributed by atoms with van der Waals surface area (Å²) in [6, 6.07) is 14.1. The Balaban J connectivity index is 2.07. The Morgan fingerprint density at radius 1 is 1.17 bits per heavy atom. The number of amides is 1. The molecule has 1 atom stereocenters. The van der Waals surface area contributed by atoms with Gasteiger partial charge in [0.05, 0.1) is 11.1 Å². The predicted molar refractivity (Wildman–Crippen MR) is 92.6 cm³/mol. The maximum atomic E-state index is 13.1. The highest BCUT2D eigenvalue weighted by molar-refractivity contribution is 6.30. The van der Waals surface area contributed by atoms with E-state index in [2.05, 4.69) is 19.2 Å². The molecule has 1 N–H and O–H groups in total. The number of benzene rings is 2. The maximum absolute atomic E-state index is 13.1. The number of nitrogens with one attached hydrogen (secondary N) is 1. The number of carbonyl (C=O) groups is 1. The maximum Gasteiger partial charge on any atom is 0.244 e. The molecule has 1 amide bonds. The van der Waals surface area contributed by atoms with Crippen LogP contribution in [0, 0.1) is 11.7 Å². The van der Waals surface area contributed by atoms with Gasteiger partial charge in [-0.05, 0) is 35.3 Å². The van der Waals surface area contributed by atoms with Gasteiger partial charge in [0.1, 0.15) is 5.82 Å². The average molecular weight is 332 g/mol. The number of rotatable bonds is 5. The molecule has 23 heavy (non-hydrogen) atoms. The lowest BCUT2D eigenvalue weighted by Gasteiger charge is -2.22. The lowest BCUT2D eigenvalue weighted by molar-refractivity contribution is -0.117. The Morgan fingerprint density at radius 3 is 2.48 bits per heavy atom. The molecule has 2 nitrogen and oxygen atoms in total. The minimum absolute atomic E-state index is 0.0388. The highest BCUT2D eigenvalue weighted by Gasteiger charge is 2.16. The third kappa shape index (κ3) is 4.93. The number of carbonyl (C=O) groups excluding carboxylic acids is 1. The van der Waals surface area contributed by atoms with Crippen LogP contribution in [0.5, 0.6) is 0 Å². The SMILES string of the molecule is CC(C)C(NC(=O)/C=C/c1ccc(F)c(Cl)c1)c1ccccc1. The third-order valence-electron chi connectivity index (χ3n) is 3.49. The van der Waals surface area contributed by atoms with E-state index < -0.39 is 5.82 Å².